The molecule has 0 fully saturated rings. The first kappa shape index (κ1) is 25.3. The van der Waals surface area contributed by atoms with Crippen molar-refractivity contribution in [2.24, 2.45) is 0 Å². The van der Waals surface area contributed by atoms with Gasteiger partial charge in [0.2, 0.25) is 11.7 Å². The minimum Gasteiger partial charge on any atom is -0.493 e. The molecule has 39 heavy (non-hydrogen) atoms. The van der Waals surface area contributed by atoms with Gasteiger partial charge >= 0.3 is 0 Å². The van der Waals surface area contributed by atoms with E-state index in [-0.39, 0.29) is 0 Å². The fraction of sp³-hybridized carbons (Fsp3) is 0.103. The molecule has 0 saturated heterocycles. The van der Waals surface area contributed by atoms with Crippen LogP contribution in [0.1, 0.15) is 0 Å². The molecule has 2 aromatic heterocycles. The largest absolute Gasteiger partial charge is 0.493 e. The molecule has 5 aromatic rings. The van der Waals surface area contributed by atoms with E-state index in [2.05, 4.69) is 30.6 Å². The third-order valence-electron chi connectivity index (χ3n) is 5.62. The van der Waals surface area contributed by atoms with Crippen LogP contribution in [-0.4, -0.2) is 41.3 Å². The molecule has 0 spiro atoms. The number of nitrogens with zero attached hydrogens (tertiary/aromatic N) is 4. The van der Waals surface area contributed by atoms with Gasteiger partial charge in [-0.05, 0) is 36.4 Å². The van der Waals surface area contributed by atoms with Crippen LogP contribution in [0.5, 0.6) is 28.7 Å². The Morgan fingerprint density at radius 2 is 1.41 bits per heavy atom. The number of hydrogen-bond acceptors (Lipinski definition) is 10. The highest BCUT2D eigenvalue weighted by Gasteiger charge is 2.15. The first-order valence-electron chi connectivity index (χ1n) is 12.0. The lowest BCUT2D eigenvalue weighted by molar-refractivity contribution is 0.324. The number of para-hydroxylation sites is 1. The normalized spacial score (nSPS) is 10.4. The van der Waals surface area contributed by atoms with Crippen molar-refractivity contribution < 1.29 is 18.9 Å². The predicted molar refractivity (Wildman–Crippen MR) is 149 cm³/mol. The molecule has 196 valence electrons. The molecule has 10 heteroatoms. The second-order valence-corrected chi connectivity index (χ2v) is 8.14. The lowest BCUT2D eigenvalue weighted by Gasteiger charge is -2.15. The lowest BCUT2D eigenvalue weighted by Crippen LogP contribution is -2.03. The maximum atomic E-state index is 5.96. The molecule has 2 N–H and O–H groups in total. The predicted octanol–water partition coefficient (Wildman–Crippen LogP) is 6.24. The Kier molecular flexibility index (Phi) is 7.63. The van der Waals surface area contributed by atoms with Crippen molar-refractivity contribution in [3.05, 3.63) is 91.4 Å². The molecule has 0 unspecified atom stereocenters. The fourth-order valence-corrected chi connectivity index (χ4v) is 3.85. The van der Waals surface area contributed by atoms with Crippen LogP contribution < -0.4 is 29.6 Å². The average molecular weight is 523 g/mol. The Labute approximate surface area is 225 Å². The molecule has 0 bridgehead atoms. The highest BCUT2D eigenvalue weighted by Crippen LogP contribution is 2.40. The maximum Gasteiger partial charge on any atom is 0.230 e. The van der Waals surface area contributed by atoms with Crippen LogP contribution >= 0.6 is 0 Å². The summed E-state index contributed by atoms with van der Waals surface area (Å²) in [5.41, 5.74) is 2.15. The Morgan fingerprint density at radius 1 is 0.641 bits per heavy atom. The second kappa shape index (κ2) is 11.8. The molecule has 0 amide bonds. The molecule has 0 radical (unpaired) electrons. The first-order chi connectivity index (χ1) is 19.2. The molecule has 10 nitrogen and oxygen atoms in total. The van der Waals surface area contributed by atoms with Crippen LogP contribution in [0.4, 0.5) is 23.1 Å². The number of ether oxygens (including phenoxy) is 4. The van der Waals surface area contributed by atoms with Gasteiger partial charge in [-0.25, -0.2) is 15.0 Å². The van der Waals surface area contributed by atoms with E-state index in [1.165, 1.54) is 6.33 Å². The summed E-state index contributed by atoms with van der Waals surface area (Å²) in [5, 5.41) is 6.53. The zero-order valence-electron chi connectivity index (χ0n) is 21.6. The number of aromatic nitrogens is 4. The third kappa shape index (κ3) is 5.96. The summed E-state index contributed by atoms with van der Waals surface area (Å²) >= 11 is 0. The summed E-state index contributed by atoms with van der Waals surface area (Å²) in [6.45, 7) is 0. The number of pyridine rings is 1. The van der Waals surface area contributed by atoms with Crippen LogP contribution in [0.25, 0.3) is 11.4 Å². The number of nitrogens with one attached hydrogen (secondary N) is 2. The van der Waals surface area contributed by atoms with Gasteiger partial charge in [0, 0.05) is 35.8 Å². The van der Waals surface area contributed by atoms with Gasteiger partial charge in [0.25, 0.3) is 0 Å². The lowest BCUT2D eigenvalue weighted by atomic mass is 10.2. The summed E-state index contributed by atoms with van der Waals surface area (Å²) in [5.74, 6) is 4.31. The van der Waals surface area contributed by atoms with Crippen LogP contribution in [0.15, 0.2) is 91.4 Å². The molecule has 0 aliphatic rings. The van der Waals surface area contributed by atoms with E-state index in [1.54, 1.807) is 39.7 Å². The number of methoxy groups -OCH3 is 3. The van der Waals surface area contributed by atoms with Crippen molar-refractivity contribution in [2.75, 3.05) is 32.0 Å². The summed E-state index contributed by atoms with van der Waals surface area (Å²) < 4.78 is 22.2. The summed E-state index contributed by atoms with van der Waals surface area (Å²) in [7, 11) is 4.67. The van der Waals surface area contributed by atoms with Crippen LogP contribution in [0.2, 0.25) is 0 Å². The van der Waals surface area contributed by atoms with E-state index >= 15 is 0 Å². The highest BCUT2D eigenvalue weighted by molar-refractivity contribution is 5.75. The van der Waals surface area contributed by atoms with Crippen molar-refractivity contribution in [3.8, 4) is 40.1 Å². The van der Waals surface area contributed by atoms with E-state index in [1.807, 2.05) is 66.7 Å². The standard InChI is InChI=1S/C29H26N6O4/c1-36-24-16-20(17-25(37-2)26(24)38-3)34-29-32-18-31-28(35-29)23-13-8-14-30-27(23)33-19-9-7-12-22(15-19)39-21-10-5-4-6-11-21/h4-18H,1-3H3,(H,30,33)(H,31,32,34,35). The van der Waals surface area contributed by atoms with Crippen LogP contribution in [-0.2, 0) is 0 Å². The SMILES string of the molecule is COc1cc(Nc2ncnc(-c3cccnc3Nc3cccc(Oc4ccccc4)c3)n2)cc(OC)c1OC. The minimum absolute atomic E-state index is 0.335. The molecule has 0 atom stereocenters. The van der Waals surface area contributed by atoms with Crippen LogP contribution in [0, 0.1) is 0 Å². The van der Waals surface area contributed by atoms with Gasteiger partial charge < -0.3 is 29.6 Å². The second-order valence-electron chi connectivity index (χ2n) is 8.14. The van der Waals surface area contributed by atoms with Gasteiger partial charge in [-0.2, -0.15) is 4.98 Å². The monoisotopic (exact) mass is 522 g/mol. The summed E-state index contributed by atoms with van der Waals surface area (Å²) in [4.78, 5) is 17.8. The van der Waals surface area contributed by atoms with E-state index in [9.17, 15) is 0 Å². The number of hydrogen-bond donors (Lipinski definition) is 2. The molecule has 5 rings (SSSR count). The molecule has 0 aliphatic heterocycles. The van der Waals surface area contributed by atoms with Gasteiger partial charge in [0.15, 0.2) is 17.3 Å². The zero-order valence-corrected chi connectivity index (χ0v) is 21.6. The quantitative estimate of drug-likeness (QED) is 0.219. The number of benzene rings is 3. The summed E-state index contributed by atoms with van der Waals surface area (Å²) in [6, 6.07) is 24.5. The van der Waals surface area contributed by atoms with E-state index in [0.29, 0.717) is 51.8 Å². The molecule has 3 aromatic carbocycles. The minimum atomic E-state index is 0.335. The smallest absolute Gasteiger partial charge is 0.230 e. The fourth-order valence-electron chi connectivity index (χ4n) is 3.85. The van der Waals surface area contributed by atoms with Crippen molar-refractivity contribution in [2.45, 2.75) is 0 Å². The zero-order chi connectivity index (χ0) is 27.0. The molecular formula is C29H26N6O4. The Morgan fingerprint density at radius 3 is 2.15 bits per heavy atom. The Bertz CT molecular complexity index is 1540. The van der Waals surface area contributed by atoms with Gasteiger partial charge in [-0.3, -0.25) is 0 Å². The van der Waals surface area contributed by atoms with Gasteiger partial charge in [0.1, 0.15) is 23.6 Å². The van der Waals surface area contributed by atoms with Crippen LogP contribution in [0.3, 0.4) is 0 Å². The van der Waals surface area contributed by atoms with E-state index < -0.39 is 0 Å². The first-order valence-corrected chi connectivity index (χ1v) is 12.0. The van der Waals surface area contributed by atoms with Crippen molar-refractivity contribution >= 4 is 23.1 Å². The molecular weight excluding hydrogens is 496 g/mol. The average Bonchev–Trinajstić information content (AvgIpc) is 2.98. The van der Waals surface area contributed by atoms with E-state index in [4.69, 9.17) is 18.9 Å². The maximum absolute atomic E-state index is 5.96. The molecule has 0 aliphatic carbocycles. The number of anilines is 4. The molecule has 2 heterocycles. The highest BCUT2D eigenvalue weighted by atomic mass is 16.5. The van der Waals surface area contributed by atoms with Crippen molar-refractivity contribution in [1.29, 1.82) is 0 Å². The van der Waals surface area contributed by atoms with Gasteiger partial charge in [-0.1, -0.05) is 24.3 Å². The summed E-state index contributed by atoms with van der Waals surface area (Å²) in [6.07, 6.45) is 3.14. The number of rotatable bonds is 10. The molecule has 0 saturated carbocycles. The van der Waals surface area contributed by atoms with Gasteiger partial charge in [0.05, 0.1) is 26.9 Å². The van der Waals surface area contributed by atoms with Crippen molar-refractivity contribution in [1.82, 2.24) is 19.9 Å². The third-order valence-corrected chi connectivity index (χ3v) is 5.62. The van der Waals surface area contributed by atoms with Gasteiger partial charge in [-0.15, -0.1) is 0 Å². The Hall–Kier alpha value is -5.38. The van der Waals surface area contributed by atoms with E-state index in [0.717, 1.165) is 11.4 Å². The van der Waals surface area contributed by atoms with Crippen molar-refractivity contribution in [3.63, 3.8) is 0 Å². The Balaban J connectivity index is 1.39. The topological polar surface area (TPSA) is 113 Å².